The third kappa shape index (κ3) is 1.69. The molecular weight excluding hydrogens is 250 g/mol. The highest BCUT2D eigenvalue weighted by atomic mass is 32.2. The monoisotopic (exact) mass is 263 g/mol. The van der Waals surface area contributed by atoms with E-state index in [-0.39, 0.29) is 5.03 Å². The molecule has 6 heteroatoms. The summed E-state index contributed by atoms with van der Waals surface area (Å²) in [5, 5.41) is 6.37. The Morgan fingerprint density at radius 3 is 2.83 bits per heavy atom. The van der Waals surface area contributed by atoms with Crippen molar-refractivity contribution >= 4 is 15.7 Å². The molecule has 3 rings (SSSR count). The molecule has 1 aliphatic rings. The third-order valence-corrected chi connectivity index (χ3v) is 4.85. The van der Waals surface area contributed by atoms with E-state index in [1.54, 1.807) is 0 Å². The number of anilines is 1. The Hall–Kier alpha value is -1.82. The summed E-state index contributed by atoms with van der Waals surface area (Å²) in [7, 11) is -3.52. The van der Waals surface area contributed by atoms with Crippen LogP contribution in [0.1, 0.15) is 12.0 Å². The molecule has 0 spiro atoms. The molecule has 0 unspecified atom stereocenters. The predicted molar refractivity (Wildman–Crippen MR) is 67.9 cm³/mol. The third-order valence-electron chi connectivity index (χ3n) is 3.11. The van der Waals surface area contributed by atoms with Crippen LogP contribution in [0.25, 0.3) is 0 Å². The maximum absolute atomic E-state index is 12.5. The molecule has 18 heavy (non-hydrogen) atoms. The molecule has 0 saturated heterocycles. The molecule has 1 aromatic carbocycles. The predicted octanol–water partition coefficient (Wildman–Crippen LogP) is 1.55. The van der Waals surface area contributed by atoms with Gasteiger partial charge in [0.05, 0.1) is 11.9 Å². The van der Waals surface area contributed by atoms with Gasteiger partial charge in [-0.05, 0) is 30.5 Å². The van der Waals surface area contributed by atoms with E-state index in [1.165, 1.54) is 16.6 Å². The van der Waals surface area contributed by atoms with Crippen LogP contribution < -0.4 is 4.31 Å². The van der Waals surface area contributed by atoms with Crippen LogP contribution >= 0.6 is 0 Å². The Morgan fingerprint density at radius 1 is 1.22 bits per heavy atom. The second kappa shape index (κ2) is 4.13. The van der Waals surface area contributed by atoms with Crippen molar-refractivity contribution in [2.24, 2.45) is 0 Å². The van der Waals surface area contributed by atoms with E-state index >= 15 is 0 Å². The van der Waals surface area contributed by atoms with Crippen molar-refractivity contribution in [1.29, 1.82) is 0 Å². The lowest BCUT2D eigenvalue weighted by Crippen LogP contribution is -2.35. The van der Waals surface area contributed by atoms with Gasteiger partial charge in [-0.1, -0.05) is 18.2 Å². The zero-order valence-electron chi connectivity index (χ0n) is 9.70. The number of benzene rings is 1. The molecule has 0 radical (unpaired) electrons. The summed E-state index contributed by atoms with van der Waals surface area (Å²) >= 11 is 0. The van der Waals surface area contributed by atoms with Crippen molar-refractivity contribution < 1.29 is 8.42 Å². The van der Waals surface area contributed by atoms with Crippen LogP contribution in [-0.4, -0.2) is 25.2 Å². The van der Waals surface area contributed by atoms with Crippen molar-refractivity contribution in [1.82, 2.24) is 10.2 Å². The second-order valence-corrected chi connectivity index (χ2v) is 6.06. The average Bonchev–Trinajstić information content (AvgIpc) is 2.92. The van der Waals surface area contributed by atoms with E-state index in [4.69, 9.17) is 0 Å². The van der Waals surface area contributed by atoms with Crippen LogP contribution in [-0.2, 0) is 16.4 Å². The number of aromatic nitrogens is 2. The van der Waals surface area contributed by atoms with E-state index in [0.717, 1.165) is 24.1 Å². The van der Waals surface area contributed by atoms with Gasteiger partial charge in [0.2, 0.25) is 0 Å². The van der Waals surface area contributed by atoms with Gasteiger partial charge in [-0.2, -0.15) is 13.5 Å². The van der Waals surface area contributed by atoms with E-state index in [1.807, 2.05) is 24.3 Å². The van der Waals surface area contributed by atoms with E-state index in [2.05, 4.69) is 10.2 Å². The molecular formula is C12H13N3O2S. The number of hydrogen-bond acceptors (Lipinski definition) is 3. The number of para-hydroxylation sites is 1. The largest absolute Gasteiger partial charge is 0.281 e. The molecule has 1 N–H and O–H groups in total. The van der Waals surface area contributed by atoms with Crippen molar-refractivity contribution in [3.63, 3.8) is 0 Å². The SMILES string of the molecule is O=S(=O)(c1ccn[nH]1)N1CCCc2ccccc21. The highest BCUT2D eigenvalue weighted by Gasteiger charge is 2.29. The van der Waals surface area contributed by atoms with Gasteiger partial charge in [-0.15, -0.1) is 0 Å². The molecule has 0 bridgehead atoms. The fourth-order valence-electron chi connectivity index (χ4n) is 2.25. The zero-order chi connectivity index (χ0) is 12.6. The number of H-pyrrole nitrogens is 1. The van der Waals surface area contributed by atoms with Gasteiger partial charge in [0.25, 0.3) is 10.0 Å². The molecule has 0 aliphatic carbocycles. The number of fused-ring (bicyclic) bond motifs is 1. The van der Waals surface area contributed by atoms with Crippen molar-refractivity contribution in [2.45, 2.75) is 17.9 Å². The van der Waals surface area contributed by atoms with Gasteiger partial charge in [0, 0.05) is 6.54 Å². The lowest BCUT2D eigenvalue weighted by Gasteiger charge is -2.29. The highest BCUT2D eigenvalue weighted by Crippen LogP contribution is 2.30. The standard InChI is InChI=1S/C12H13N3O2S/c16-18(17,12-7-8-13-14-12)15-9-3-5-10-4-1-2-6-11(10)15/h1-2,4,6-8H,3,5,9H2,(H,13,14). The first-order valence-electron chi connectivity index (χ1n) is 5.79. The average molecular weight is 263 g/mol. The summed E-state index contributed by atoms with van der Waals surface area (Å²) in [6.07, 6.45) is 3.21. The minimum atomic E-state index is -3.52. The van der Waals surface area contributed by atoms with Crippen LogP contribution in [0.15, 0.2) is 41.6 Å². The minimum absolute atomic E-state index is 0.138. The molecule has 94 valence electrons. The minimum Gasteiger partial charge on any atom is -0.266 e. The molecule has 0 atom stereocenters. The smallest absolute Gasteiger partial charge is 0.266 e. The fraction of sp³-hybridized carbons (Fsp3) is 0.250. The molecule has 5 nitrogen and oxygen atoms in total. The summed E-state index contributed by atoms with van der Waals surface area (Å²) in [6, 6.07) is 9.10. The summed E-state index contributed by atoms with van der Waals surface area (Å²) in [6.45, 7) is 0.512. The van der Waals surface area contributed by atoms with Crippen molar-refractivity contribution in [3.05, 3.63) is 42.1 Å². The maximum Gasteiger partial charge on any atom is 0.281 e. The Labute approximate surface area is 105 Å². The number of hydrogen-bond donors (Lipinski definition) is 1. The van der Waals surface area contributed by atoms with Crippen molar-refractivity contribution in [2.75, 3.05) is 10.8 Å². The molecule has 2 aromatic rings. The molecule has 1 aromatic heterocycles. The Bertz CT molecular complexity index is 650. The Morgan fingerprint density at radius 2 is 2.06 bits per heavy atom. The van der Waals surface area contributed by atoms with Crippen molar-refractivity contribution in [3.8, 4) is 0 Å². The van der Waals surface area contributed by atoms with Crippen LogP contribution in [0.4, 0.5) is 5.69 Å². The quantitative estimate of drug-likeness (QED) is 0.894. The van der Waals surface area contributed by atoms with Gasteiger partial charge in [0.1, 0.15) is 0 Å². The summed E-state index contributed by atoms with van der Waals surface area (Å²) in [4.78, 5) is 0. The maximum atomic E-state index is 12.5. The number of nitrogens with one attached hydrogen (secondary N) is 1. The number of rotatable bonds is 2. The highest BCUT2D eigenvalue weighted by molar-refractivity contribution is 7.92. The first-order chi connectivity index (χ1) is 8.69. The first-order valence-corrected chi connectivity index (χ1v) is 7.23. The summed E-state index contributed by atoms with van der Waals surface area (Å²) < 4.78 is 26.4. The van der Waals surface area contributed by atoms with E-state index in [0.29, 0.717) is 6.54 Å². The van der Waals surface area contributed by atoms with Gasteiger partial charge >= 0.3 is 0 Å². The topological polar surface area (TPSA) is 66.1 Å². The van der Waals surface area contributed by atoms with Gasteiger partial charge in [-0.3, -0.25) is 9.40 Å². The lowest BCUT2D eigenvalue weighted by atomic mass is 10.0. The lowest BCUT2D eigenvalue weighted by molar-refractivity contribution is 0.582. The molecule has 0 amide bonds. The van der Waals surface area contributed by atoms with Crippen LogP contribution in [0.3, 0.4) is 0 Å². The van der Waals surface area contributed by atoms with Crippen LogP contribution in [0, 0.1) is 0 Å². The van der Waals surface area contributed by atoms with E-state index in [9.17, 15) is 8.42 Å². The second-order valence-electron chi connectivity index (χ2n) is 4.23. The van der Waals surface area contributed by atoms with Crippen LogP contribution in [0.5, 0.6) is 0 Å². The van der Waals surface area contributed by atoms with Gasteiger partial charge < -0.3 is 0 Å². The first kappa shape index (κ1) is 11.3. The summed E-state index contributed by atoms with van der Waals surface area (Å²) in [5.74, 6) is 0. The molecule has 0 saturated carbocycles. The molecule has 2 heterocycles. The summed E-state index contributed by atoms with van der Waals surface area (Å²) in [5.41, 5.74) is 1.85. The normalized spacial score (nSPS) is 15.4. The molecule has 1 aliphatic heterocycles. The number of nitrogens with zero attached hydrogens (tertiary/aromatic N) is 2. The molecule has 0 fully saturated rings. The Balaban J connectivity index is 2.10. The number of sulfonamides is 1. The van der Waals surface area contributed by atoms with Crippen LogP contribution in [0.2, 0.25) is 0 Å². The Kier molecular flexibility index (Phi) is 2.59. The fourth-order valence-corrected chi connectivity index (χ4v) is 3.70. The number of aryl methyl sites for hydroxylation is 1. The number of aromatic amines is 1. The van der Waals surface area contributed by atoms with E-state index < -0.39 is 10.0 Å². The zero-order valence-corrected chi connectivity index (χ0v) is 10.5. The van der Waals surface area contributed by atoms with Gasteiger partial charge in [0.15, 0.2) is 5.03 Å². The van der Waals surface area contributed by atoms with Gasteiger partial charge in [-0.25, -0.2) is 0 Å².